The van der Waals surface area contributed by atoms with E-state index in [1.807, 2.05) is 30.3 Å². The molecule has 1 aromatic rings. The van der Waals surface area contributed by atoms with E-state index < -0.39 is 0 Å². The van der Waals surface area contributed by atoms with Crippen molar-refractivity contribution in [1.82, 2.24) is 10.2 Å². The normalized spacial score (nSPS) is 18.5. The molecule has 1 N–H and O–H groups in total. The van der Waals surface area contributed by atoms with Crippen molar-refractivity contribution in [3.05, 3.63) is 35.9 Å². The molecule has 4 nitrogen and oxygen atoms in total. The van der Waals surface area contributed by atoms with Crippen LogP contribution in [0, 0.1) is 11.3 Å². The third kappa shape index (κ3) is 3.31. The Morgan fingerprint density at radius 3 is 2.89 bits per heavy atom. The van der Waals surface area contributed by atoms with E-state index in [-0.39, 0.29) is 11.8 Å². The minimum atomic E-state index is -0.169. The highest BCUT2D eigenvalue weighted by atomic mass is 16.2. The van der Waals surface area contributed by atoms with Gasteiger partial charge in [0.15, 0.2) is 0 Å². The lowest BCUT2D eigenvalue weighted by Crippen LogP contribution is -2.35. The van der Waals surface area contributed by atoms with Gasteiger partial charge >= 0.3 is 0 Å². The van der Waals surface area contributed by atoms with E-state index in [1.54, 1.807) is 0 Å². The fourth-order valence-corrected chi connectivity index (χ4v) is 2.19. The standard InChI is InChI=1S/C14H17N3O/c15-9-13(12-5-2-1-3-6-12)10-17-8-4-7-16-14(18)11-17/h1-3,5-6,13H,4,7-8,10-11H2,(H,16,18). The zero-order valence-electron chi connectivity index (χ0n) is 10.3. The van der Waals surface area contributed by atoms with Crippen molar-refractivity contribution in [2.75, 3.05) is 26.2 Å². The number of nitriles is 1. The van der Waals surface area contributed by atoms with E-state index in [0.29, 0.717) is 13.1 Å². The van der Waals surface area contributed by atoms with Crippen LogP contribution in [0.4, 0.5) is 0 Å². The topological polar surface area (TPSA) is 56.1 Å². The summed E-state index contributed by atoms with van der Waals surface area (Å²) in [5.41, 5.74) is 1.02. The van der Waals surface area contributed by atoms with Crippen LogP contribution in [-0.2, 0) is 4.79 Å². The number of hydrogen-bond donors (Lipinski definition) is 1. The van der Waals surface area contributed by atoms with Crippen molar-refractivity contribution in [2.24, 2.45) is 0 Å². The van der Waals surface area contributed by atoms with Gasteiger partial charge in [0.05, 0.1) is 18.5 Å². The number of hydrogen-bond acceptors (Lipinski definition) is 3. The Morgan fingerprint density at radius 1 is 1.39 bits per heavy atom. The van der Waals surface area contributed by atoms with Gasteiger partial charge in [0, 0.05) is 19.6 Å². The lowest BCUT2D eigenvalue weighted by atomic mass is 10.00. The van der Waals surface area contributed by atoms with Crippen LogP contribution >= 0.6 is 0 Å². The van der Waals surface area contributed by atoms with Gasteiger partial charge < -0.3 is 5.32 Å². The average molecular weight is 243 g/mol. The first-order valence-electron chi connectivity index (χ1n) is 6.23. The Balaban J connectivity index is 2.02. The molecule has 1 heterocycles. The molecule has 0 bridgehead atoms. The first-order valence-corrected chi connectivity index (χ1v) is 6.23. The van der Waals surface area contributed by atoms with Crippen LogP contribution < -0.4 is 5.32 Å². The Bertz CT molecular complexity index is 438. The van der Waals surface area contributed by atoms with Gasteiger partial charge in [-0.2, -0.15) is 5.26 Å². The largest absolute Gasteiger partial charge is 0.355 e. The van der Waals surface area contributed by atoms with Crippen molar-refractivity contribution in [3.63, 3.8) is 0 Å². The van der Waals surface area contributed by atoms with Crippen molar-refractivity contribution in [2.45, 2.75) is 12.3 Å². The van der Waals surface area contributed by atoms with Crippen molar-refractivity contribution < 1.29 is 4.79 Å². The number of benzene rings is 1. The van der Waals surface area contributed by atoms with Crippen LogP contribution in [0.2, 0.25) is 0 Å². The molecule has 94 valence electrons. The van der Waals surface area contributed by atoms with E-state index in [4.69, 9.17) is 0 Å². The van der Waals surface area contributed by atoms with E-state index in [1.165, 1.54) is 0 Å². The van der Waals surface area contributed by atoms with E-state index in [9.17, 15) is 10.1 Å². The molecule has 4 heteroatoms. The first-order chi connectivity index (χ1) is 8.79. The predicted octanol–water partition coefficient (Wildman–Crippen LogP) is 1.12. The monoisotopic (exact) mass is 243 g/mol. The molecule has 1 aliphatic heterocycles. The molecule has 18 heavy (non-hydrogen) atoms. The van der Waals surface area contributed by atoms with E-state index >= 15 is 0 Å². The van der Waals surface area contributed by atoms with Crippen molar-refractivity contribution in [3.8, 4) is 6.07 Å². The average Bonchev–Trinajstić information content (AvgIpc) is 2.61. The third-order valence-electron chi connectivity index (χ3n) is 3.14. The lowest BCUT2D eigenvalue weighted by Gasteiger charge is -2.21. The molecular formula is C14H17N3O. The van der Waals surface area contributed by atoms with Crippen LogP contribution in [0.1, 0.15) is 17.9 Å². The molecule has 1 amide bonds. The SMILES string of the molecule is N#CC(CN1CCCNC(=O)C1)c1ccccc1. The molecule has 1 atom stereocenters. The minimum absolute atomic E-state index is 0.0530. The second-order valence-electron chi connectivity index (χ2n) is 4.53. The molecule has 1 saturated heterocycles. The number of rotatable bonds is 3. The molecular weight excluding hydrogens is 226 g/mol. The van der Waals surface area contributed by atoms with Gasteiger partial charge in [0.1, 0.15) is 0 Å². The molecule has 0 saturated carbocycles. The summed E-state index contributed by atoms with van der Waals surface area (Å²) in [6.07, 6.45) is 0.943. The molecule has 2 rings (SSSR count). The number of amides is 1. The summed E-state index contributed by atoms with van der Waals surface area (Å²) in [6, 6.07) is 12.1. The molecule has 0 aliphatic carbocycles. The van der Waals surface area contributed by atoms with Gasteiger partial charge in [-0.05, 0) is 12.0 Å². The summed E-state index contributed by atoms with van der Waals surface area (Å²) in [4.78, 5) is 13.5. The van der Waals surface area contributed by atoms with Gasteiger partial charge in [-0.25, -0.2) is 0 Å². The molecule has 0 aromatic heterocycles. The number of carbonyl (C=O) groups excluding carboxylic acids is 1. The van der Waals surface area contributed by atoms with Crippen LogP contribution in [0.25, 0.3) is 0 Å². The molecule has 0 spiro atoms. The van der Waals surface area contributed by atoms with Crippen LogP contribution in [0.3, 0.4) is 0 Å². The zero-order chi connectivity index (χ0) is 12.8. The number of nitrogens with one attached hydrogen (secondary N) is 1. The first kappa shape index (κ1) is 12.6. The van der Waals surface area contributed by atoms with Gasteiger partial charge in [0.2, 0.25) is 5.91 Å². The van der Waals surface area contributed by atoms with Gasteiger partial charge in [-0.15, -0.1) is 0 Å². The summed E-state index contributed by atoms with van der Waals surface area (Å²) in [5.74, 6) is -0.116. The molecule has 1 aromatic carbocycles. The predicted molar refractivity (Wildman–Crippen MR) is 68.9 cm³/mol. The highest BCUT2D eigenvalue weighted by molar-refractivity contribution is 5.78. The summed E-state index contributed by atoms with van der Waals surface area (Å²) < 4.78 is 0. The maximum Gasteiger partial charge on any atom is 0.234 e. The lowest BCUT2D eigenvalue weighted by molar-refractivity contribution is -0.121. The summed E-state index contributed by atoms with van der Waals surface area (Å²) in [5, 5.41) is 12.1. The van der Waals surface area contributed by atoms with Gasteiger partial charge in [-0.3, -0.25) is 9.69 Å². The van der Waals surface area contributed by atoms with Crippen LogP contribution in [0.15, 0.2) is 30.3 Å². The summed E-state index contributed by atoms with van der Waals surface area (Å²) >= 11 is 0. The van der Waals surface area contributed by atoms with E-state index in [2.05, 4.69) is 16.3 Å². The highest BCUT2D eigenvalue weighted by Gasteiger charge is 2.19. The molecule has 1 unspecified atom stereocenters. The molecule has 1 aliphatic rings. The summed E-state index contributed by atoms with van der Waals surface area (Å²) in [6.45, 7) is 2.61. The smallest absolute Gasteiger partial charge is 0.234 e. The van der Waals surface area contributed by atoms with Gasteiger partial charge in [0.25, 0.3) is 0 Å². The number of carbonyl (C=O) groups is 1. The van der Waals surface area contributed by atoms with Crippen molar-refractivity contribution >= 4 is 5.91 Å². The van der Waals surface area contributed by atoms with Gasteiger partial charge in [-0.1, -0.05) is 30.3 Å². The zero-order valence-corrected chi connectivity index (χ0v) is 10.3. The van der Waals surface area contributed by atoms with E-state index in [0.717, 1.165) is 25.1 Å². The maximum absolute atomic E-state index is 11.5. The minimum Gasteiger partial charge on any atom is -0.355 e. The number of nitrogens with zero attached hydrogens (tertiary/aromatic N) is 2. The second kappa shape index (κ2) is 6.18. The fourth-order valence-electron chi connectivity index (χ4n) is 2.19. The maximum atomic E-state index is 11.5. The highest BCUT2D eigenvalue weighted by Crippen LogP contribution is 2.16. The molecule has 1 fully saturated rings. The molecule has 0 radical (unpaired) electrons. The quantitative estimate of drug-likeness (QED) is 0.865. The Labute approximate surface area is 107 Å². The van der Waals surface area contributed by atoms with Crippen molar-refractivity contribution in [1.29, 1.82) is 5.26 Å². The third-order valence-corrected chi connectivity index (χ3v) is 3.14. The summed E-state index contributed by atoms with van der Waals surface area (Å²) in [7, 11) is 0. The van der Waals surface area contributed by atoms with Crippen LogP contribution in [-0.4, -0.2) is 37.0 Å². The Hall–Kier alpha value is -1.86. The van der Waals surface area contributed by atoms with Crippen LogP contribution in [0.5, 0.6) is 0 Å². The Morgan fingerprint density at radius 2 is 2.17 bits per heavy atom. The Kier molecular flexibility index (Phi) is 4.32. The second-order valence-corrected chi connectivity index (χ2v) is 4.53. The fraction of sp³-hybridized carbons (Fsp3) is 0.429.